The maximum Gasteiger partial charge on any atom is 0.207 e. The fourth-order valence-corrected chi connectivity index (χ4v) is 2.11. The molecule has 2 rings (SSSR count). The van der Waals surface area contributed by atoms with Crippen LogP contribution in [0.25, 0.3) is 0 Å². The normalized spacial score (nSPS) is 10.6. The van der Waals surface area contributed by atoms with Crippen molar-refractivity contribution in [2.75, 3.05) is 25.6 Å². The first-order valence-corrected chi connectivity index (χ1v) is 7.31. The number of aryl methyl sites for hydroxylation is 1. The number of nitrogens with one attached hydrogen (secondary N) is 1. The van der Waals surface area contributed by atoms with E-state index in [1.165, 1.54) is 0 Å². The van der Waals surface area contributed by atoms with Gasteiger partial charge in [-0.25, -0.2) is 4.98 Å². The number of aromatic nitrogens is 2. The van der Waals surface area contributed by atoms with Crippen molar-refractivity contribution in [2.45, 2.75) is 19.9 Å². The van der Waals surface area contributed by atoms with Crippen molar-refractivity contribution in [3.63, 3.8) is 0 Å². The lowest BCUT2D eigenvalue weighted by molar-refractivity contribution is 0.142. The predicted molar refractivity (Wildman–Crippen MR) is 84.6 cm³/mol. The van der Waals surface area contributed by atoms with Gasteiger partial charge in [-0.2, -0.15) is 0 Å². The van der Waals surface area contributed by atoms with E-state index < -0.39 is 0 Å². The van der Waals surface area contributed by atoms with Gasteiger partial charge in [0.15, 0.2) is 0 Å². The van der Waals surface area contributed by atoms with Crippen molar-refractivity contribution in [3.05, 3.63) is 35.6 Å². The maximum atomic E-state index is 6.19. The van der Waals surface area contributed by atoms with Crippen LogP contribution in [0.4, 0.5) is 11.6 Å². The fourth-order valence-electron chi connectivity index (χ4n) is 1.94. The lowest BCUT2D eigenvalue weighted by Gasteiger charge is -2.12. The minimum absolute atomic E-state index is 0.625. The Hall–Kier alpha value is -1.72. The molecule has 0 aliphatic carbocycles. The van der Waals surface area contributed by atoms with Crippen molar-refractivity contribution in [3.8, 4) is 5.75 Å². The number of methoxy groups -OCH3 is 1. The third-order valence-electron chi connectivity index (χ3n) is 3.03. The van der Waals surface area contributed by atoms with Gasteiger partial charge in [0.05, 0.1) is 17.8 Å². The molecule has 1 N–H and O–H groups in total. The number of ether oxygens (including phenoxy) is 2. The van der Waals surface area contributed by atoms with Crippen molar-refractivity contribution < 1.29 is 9.47 Å². The molecule has 1 aromatic carbocycles. The Morgan fingerprint density at radius 2 is 2.24 bits per heavy atom. The summed E-state index contributed by atoms with van der Waals surface area (Å²) in [6.07, 6.45) is 4.63. The van der Waals surface area contributed by atoms with E-state index in [0.717, 1.165) is 43.6 Å². The molecule has 1 aromatic heterocycles. The van der Waals surface area contributed by atoms with Crippen LogP contribution in [-0.4, -0.2) is 29.9 Å². The van der Waals surface area contributed by atoms with Crippen molar-refractivity contribution in [2.24, 2.45) is 0 Å². The van der Waals surface area contributed by atoms with E-state index in [9.17, 15) is 0 Å². The van der Waals surface area contributed by atoms with Gasteiger partial charge in [-0.1, -0.05) is 11.6 Å². The number of rotatable bonds is 8. The van der Waals surface area contributed by atoms with Crippen LogP contribution >= 0.6 is 11.6 Å². The SMILES string of the molecule is CCOCCCn1ccnc1Nc1cc(OC)ccc1Cl. The molecule has 2 aromatic rings. The van der Waals surface area contributed by atoms with Crippen molar-refractivity contribution in [1.29, 1.82) is 0 Å². The van der Waals surface area contributed by atoms with Gasteiger partial charge in [0.25, 0.3) is 0 Å². The van der Waals surface area contributed by atoms with E-state index in [1.54, 1.807) is 19.4 Å². The van der Waals surface area contributed by atoms with Gasteiger partial charge in [-0.3, -0.25) is 0 Å². The first-order valence-electron chi connectivity index (χ1n) is 6.94. The van der Waals surface area contributed by atoms with Gasteiger partial charge >= 0.3 is 0 Å². The third-order valence-corrected chi connectivity index (χ3v) is 3.36. The Morgan fingerprint density at radius 3 is 3.00 bits per heavy atom. The Bertz CT molecular complexity index is 572. The highest BCUT2D eigenvalue weighted by Crippen LogP contribution is 2.29. The zero-order valence-electron chi connectivity index (χ0n) is 12.3. The van der Waals surface area contributed by atoms with E-state index in [0.29, 0.717) is 5.02 Å². The molecule has 0 saturated heterocycles. The summed E-state index contributed by atoms with van der Waals surface area (Å²) < 4.78 is 12.6. The first-order chi connectivity index (χ1) is 10.2. The highest BCUT2D eigenvalue weighted by molar-refractivity contribution is 6.33. The quantitative estimate of drug-likeness (QED) is 0.755. The average Bonchev–Trinajstić information content (AvgIpc) is 2.93. The minimum Gasteiger partial charge on any atom is -0.497 e. The van der Waals surface area contributed by atoms with Gasteiger partial charge in [0.2, 0.25) is 5.95 Å². The van der Waals surface area contributed by atoms with Crippen LogP contribution in [-0.2, 0) is 11.3 Å². The largest absolute Gasteiger partial charge is 0.497 e. The molecule has 0 fully saturated rings. The number of halogens is 1. The number of imidazole rings is 1. The van der Waals surface area contributed by atoms with Gasteiger partial charge in [-0.05, 0) is 25.5 Å². The third kappa shape index (κ3) is 4.37. The van der Waals surface area contributed by atoms with Crippen LogP contribution in [0.5, 0.6) is 5.75 Å². The number of hydrogen-bond donors (Lipinski definition) is 1. The number of hydrogen-bond acceptors (Lipinski definition) is 4. The lowest BCUT2D eigenvalue weighted by atomic mass is 10.3. The molecule has 5 nitrogen and oxygen atoms in total. The Balaban J connectivity index is 2.04. The predicted octanol–water partition coefficient (Wildman–Crippen LogP) is 3.72. The molecule has 0 bridgehead atoms. The van der Waals surface area contributed by atoms with Crippen LogP contribution in [0.2, 0.25) is 5.02 Å². The number of benzene rings is 1. The standard InChI is InChI=1S/C15H20ClN3O2/c1-3-21-10-4-8-19-9-7-17-15(19)18-14-11-12(20-2)5-6-13(14)16/h5-7,9,11H,3-4,8,10H2,1-2H3,(H,17,18). The molecule has 0 amide bonds. The van der Waals surface area contributed by atoms with Crippen LogP contribution < -0.4 is 10.1 Å². The highest BCUT2D eigenvalue weighted by atomic mass is 35.5. The molecule has 0 radical (unpaired) electrons. The van der Waals surface area contributed by atoms with E-state index >= 15 is 0 Å². The van der Waals surface area contributed by atoms with Gasteiger partial charge < -0.3 is 19.4 Å². The zero-order chi connectivity index (χ0) is 15.1. The van der Waals surface area contributed by atoms with Crippen molar-refractivity contribution >= 4 is 23.2 Å². The Kier molecular flexibility index (Phi) is 5.90. The summed E-state index contributed by atoms with van der Waals surface area (Å²) in [5.41, 5.74) is 0.772. The summed E-state index contributed by atoms with van der Waals surface area (Å²) in [6.45, 7) is 4.32. The van der Waals surface area contributed by atoms with Crippen molar-refractivity contribution in [1.82, 2.24) is 9.55 Å². The van der Waals surface area contributed by atoms with E-state index in [2.05, 4.69) is 10.3 Å². The second-order valence-corrected chi connectivity index (χ2v) is 4.87. The van der Waals surface area contributed by atoms with Crippen LogP contribution in [0.15, 0.2) is 30.6 Å². The van der Waals surface area contributed by atoms with E-state index in [1.807, 2.05) is 29.8 Å². The molecule has 0 spiro atoms. The fraction of sp³-hybridized carbons (Fsp3) is 0.400. The number of anilines is 2. The molecule has 114 valence electrons. The Morgan fingerprint density at radius 1 is 1.38 bits per heavy atom. The summed E-state index contributed by atoms with van der Waals surface area (Å²) in [5, 5.41) is 3.86. The maximum absolute atomic E-state index is 6.19. The van der Waals surface area contributed by atoms with Crippen LogP contribution in [0.3, 0.4) is 0 Å². The lowest BCUT2D eigenvalue weighted by Crippen LogP contribution is -2.06. The molecular weight excluding hydrogens is 290 g/mol. The highest BCUT2D eigenvalue weighted by Gasteiger charge is 2.07. The average molecular weight is 310 g/mol. The second-order valence-electron chi connectivity index (χ2n) is 4.47. The molecule has 0 aliphatic heterocycles. The smallest absolute Gasteiger partial charge is 0.207 e. The molecule has 21 heavy (non-hydrogen) atoms. The van der Waals surface area contributed by atoms with E-state index in [-0.39, 0.29) is 0 Å². The summed E-state index contributed by atoms with van der Waals surface area (Å²) >= 11 is 6.19. The van der Waals surface area contributed by atoms with Gasteiger partial charge in [0.1, 0.15) is 5.75 Å². The first kappa shape index (κ1) is 15.7. The monoisotopic (exact) mass is 309 g/mol. The van der Waals surface area contributed by atoms with Gasteiger partial charge in [-0.15, -0.1) is 0 Å². The van der Waals surface area contributed by atoms with Crippen LogP contribution in [0, 0.1) is 0 Å². The topological polar surface area (TPSA) is 48.3 Å². The number of nitrogens with zero attached hydrogens (tertiary/aromatic N) is 2. The molecule has 0 aliphatic rings. The minimum atomic E-state index is 0.625. The molecule has 0 atom stereocenters. The van der Waals surface area contributed by atoms with E-state index in [4.69, 9.17) is 21.1 Å². The summed E-state index contributed by atoms with van der Waals surface area (Å²) in [6, 6.07) is 5.47. The summed E-state index contributed by atoms with van der Waals surface area (Å²) in [5.74, 6) is 1.50. The molecular formula is C15H20ClN3O2. The molecule has 0 saturated carbocycles. The summed E-state index contributed by atoms with van der Waals surface area (Å²) in [7, 11) is 1.63. The zero-order valence-corrected chi connectivity index (χ0v) is 13.1. The second kappa shape index (κ2) is 7.90. The molecule has 1 heterocycles. The molecule has 6 heteroatoms. The van der Waals surface area contributed by atoms with Crippen LogP contribution in [0.1, 0.15) is 13.3 Å². The summed E-state index contributed by atoms with van der Waals surface area (Å²) in [4.78, 5) is 4.32. The Labute approximate surface area is 129 Å². The molecule has 0 unspecified atom stereocenters. The van der Waals surface area contributed by atoms with Gasteiger partial charge in [0, 0.05) is 38.2 Å².